The summed E-state index contributed by atoms with van der Waals surface area (Å²) in [5.41, 5.74) is 1.62. The third-order valence-corrected chi connectivity index (χ3v) is 5.73. The number of nitrogens with zero attached hydrogens (tertiary/aromatic N) is 2. The topological polar surface area (TPSA) is 73.9 Å². The smallest absolute Gasteiger partial charge is 0.258 e. The summed E-state index contributed by atoms with van der Waals surface area (Å²) in [4.78, 5) is 28.9. The highest BCUT2D eigenvalue weighted by Gasteiger charge is 2.21. The van der Waals surface area contributed by atoms with Crippen LogP contribution in [0.1, 0.15) is 22.3 Å². The monoisotopic (exact) mass is 426 g/mol. The summed E-state index contributed by atoms with van der Waals surface area (Å²) in [6, 6.07) is 9.87. The van der Waals surface area contributed by atoms with Gasteiger partial charge in [0.05, 0.1) is 11.3 Å². The number of aryl methyl sites for hydroxylation is 1. The highest BCUT2D eigenvalue weighted by atomic mass is 19.1. The van der Waals surface area contributed by atoms with Crippen molar-refractivity contribution < 1.29 is 18.7 Å². The fourth-order valence-corrected chi connectivity index (χ4v) is 3.82. The molecule has 4 rings (SSSR count). The number of carbonyl (C=O) groups excluding carboxylic acids is 2. The van der Waals surface area contributed by atoms with Crippen molar-refractivity contribution >= 4 is 23.2 Å². The third kappa shape index (κ3) is 5.21. The first-order valence-electron chi connectivity index (χ1n) is 10.6. The van der Waals surface area contributed by atoms with Crippen LogP contribution < -0.4 is 15.4 Å². The minimum atomic E-state index is -0.674. The van der Waals surface area contributed by atoms with Gasteiger partial charge in [-0.25, -0.2) is 4.39 Å². The lowest BCUT2D eigenvalue weighted by molar-refractivity contribution is -0.116. The summed E-state index contributed by atoms with van der Waals surface area (Å²) in [7, 11) is 2.12. The Bertz CT molecular complexity index is 973. The number of hydrogen-bond acceptors (Lipinski definition) is 5. The summed E-state index contributed by atoms with van der Waals surface area (Å²) in [5, 5.41) is 5.41. The lowest BCUT2D eigenvalue weighted by Crippen LogP contribution is -2.45. The Labute approximate surface area is 181 Å². The van der Waals surface area contributed by atoms with Crippen molar-refractivity contribution in [3.63, 3.8) is 0 Å². The van der Waals surface area contributed by atoms with Gasteiger partial charge in [-0.3, -0.25) is 14.5 Å². The number of nitrogens with one attached hydrogen (secondary N) is 2. The van der Waals surface area contributed by atoms with Crippen LogP contribution in [-0.4, -0.2) is 68.0 Å². The molecule has 0 bridgehead atoms. The Kier molecular flexibility index (Phi) is 6.48. The Hall–Kier alpha value is -2.97. The number of piperazine rings is 1. The number of halogens is 1. The van der Waals surface area contributed by atoms with Crippen molar-refractivity contribution in [3.05, 3.63) is 53.3 Å². The molecule has 0 unspecified atom stereocenters. The standard InChI is InChI=1S/C23H27FN4O3/c1-27-8-10-28(11-9-27)12-13-31-21-5-3-2-4-19(21)26-23(30)17-14-16-6-7-22(29)25-20(16)15-18(17)24/h2-5,14-15H,6-13H2,1H3,(H,25,29)(H,26,30). The molecule has 31 heavy (non-hydrogen) atoms. The number of hydrogen-bond donors (Lipinski definition) is 2. The predicted molar refractivity (Wildman–Crippen MR) is 117 cm³/mol. The van der Waals surface area contributed by atoms with Crippen LogP contribution in [0.2, 0.25) is 0 Å². The van der Waals surface area contributed by atoms with Crippen LogP contribution in [0.3, 0.4) is 0 Å². The lowest BCUT2D eigenvalue weighted by atomic mass is 9.99. The largest absolute Gasteiger partial charge is 0.490 e. The molecule has 0 saturated carbocycles. The van der Waals surface area contributed by atoms with Crippen LogP contribution in [0, 0.1) is 5.82 Å². The van der Waals surface area contributed by atoms with Gasteiger partial charge in [0.2, 0.25) is 5.91 Å². The normalized spacial score (nSPS) is 17.0. The van der Waals surface area contributed by atoms with Gasteiger partial charge in [-0.05, 0) is 43.3 Å². The lowest BCUT2D eigenvalue weighted by Gasteiger charge is -2.32. The van der Waals surface area contributed by atoms with Gasteiger partial charge in [0.25, 0.3) is 5.91 Å². The van der Waals surface area contributed by atoms with E-state index in [1.165, 1.54) is 12.1 Å². The molecule has 2 aromatic carbocycles. The van der Waals surface area contributed by atoms with E-state index in [9.17, 15) is 14.0 Å². The van der Waals surface area contributed by atoms with Gasteiger partial charge in [0.15, 0.2) is 0 Å². The molecule has 2 aliphatic heterocycles. The molecular weight excluding hydrogens is 399 g/mol. The van der Waals surface area contributed by atoms with Crippen LogP contribution in [0.25, 0.3) is 0 Å². The molecule has 1 fully saturated rings. The fraction of sp³-hybridized carbons (Fsp3) is 0.391. The van der Waals surface area contributed by atoms with Crippen LogP contribution in [0.4, 0.5) is 15.8 Å². The van der Waals surface area contributed by atoms with Gasteiger partial charge >= 0.3 is 0 Å². The van der Waals surface area contributed by atoms with Crippen LogP contribution in [0.15, 0.2) is 36.4 Å². The van der Waals surface area contributed by atoms with Crippen LogP contribution >= 0.6 is 0 Å². The molecule has 2 amide bonds. The molecule has 0 atom stereocenters. The molecule has 1 saturated heterocycles. The Morgan fingerprint density at radius 3 is 2.74 bits per heavy atom. The van der Waals surface area contributed by atoms with Crippen molar-refractivity contribution in [3.8, 4) is 5.75 Å². The molecule has 8 heteroatoms. The number of carbonyl (C=O) groups is 2. The minimum absolute atomic E-state index is 0.0536. The van der Waals surface area contributed by atoms with Gasteiger partial charge in [0, 0.05) is 44.8 Å². The summed E-state index contributed by atoms with van der Waals surface area (Å²) >= 11 is 0. The van der Waals surface area contributed by atoms with E-state index in [0.717, 1.165) is 38.3 Å². The highest BCUT2D eigenvalue weighted by Crippen LogP contribution is 2.28. The first-order chi connectivity index (χ1) is 15.0. The average Bonchev–Trinajstić information content (AvgIpc) is 2.75. The first-order valence-corrected chi connectivity index (χ1v) is 10.6. The summed E-state index contributed by atoms with van der Waals surface area (Å²) in [6.45, 7) is 5.42. The molecule has 0 radical (unpaired) electrons. The number of para-hydroxylation sites is 2. The van der Waals surface area contributed by atoms with E-state index in [0.29, 0.717) is 36.6 Å². The molecule has 0 spiro atoms. The number of rotatable bonds is 6. The second kappa shape index (κ2) is 9.45. The van der Waals surface area contributed by atoms with Crippen molar-refractivity contribution in [2.75, 3.05) is 57.0 Å². The van der Waals surface area contributed by atoms with E-state index in [1.54, 1.807) is 18.2 Å². The summed E-state index contributed by atoms with van der Waals surface area (Å²) in [6.07, 6.45) is 0.803. The Balaban J connectivity index is 1.40. The van der Waals surface area contributed by atoms with E-state index in [1.807, 2.05) is 6.07 Å². The zero-order valence-electron chi connectivity index (χ0n) is 17.6. The second-order valence-corrected chi connectivity index (χ2v) is 7.98. The van der Waals surface area contributed by atoms with Gasteiger partial charge in [-0.1, -0.05) is 12.1 Å². The summed E-state index contributed by atoms with van der Waals surface area (Å²) in [5.74, 6) is -0.818. The van der Waals surface area contributed by atoms with Crippen LogP contribution in [0.5, 0.6) is 5.75 Å². The molecule has 2 aromatic rings. The molecule has 2 N–H and O–H groups in total. The molecule has 0 aliphatic carbocycles. The minimum Gasteiger partial charge on any atom is -0.490 e. The van der Waals surface area contributed by atoms with Crippen molar-refractivity contribution in [2.45, 2.75) is 12.8 Å². The average molecular weight is 426 g/mol. The SMILES string of the molecule is CN1CCN(CCOc2ccccc2NC(=O)c2cc3c(cc2F)NC(=O)CC3)CC1. The van der Waals surface area contributed by atoms with Gasteiger partial charge < -0.3 is 20.3 Å². The predicted octanol–water partition coefficient (Wildman–Crippen LogP) is 2.59. The molecule has 2 aliphatic rings. The quantitative estimate of drug-likeness (QED) is 0.743. The zero-order chi connectivity index (χ0) is 21.8. The number of fused-ring (bicyclic) bond motifs is 1. The van der Waals surface area contributed by atoms with Gasteiger partial charge in [-0.2, -0.15) is 0 Å². The molecular formula is C23H27FN4O3. The van der Waals surface area contributed by atoms with E-state index in [2.05, 4.69) is 27.5 Å². The molecule has 0 aromatic heterocycles. The maximum Gasteiger partial charge on any atom is 0.258 e. The number of amides is 2. The van der Waals surface area contributed by atoms with E-state index >= 15 is 0 Å². The number of benzene rings is 2. The van der Waals surface area contributed by atoms with E-state index < -0.39 is 11.7 Å². The van der Waals surface area contributed by atoms with Crippen molar-refractivity contribution in [1.82, 2.24) is 9.80 Å². The van der Waals surface area contributed by atoms with Crippen molar-refractivity contribution in [2.24, 2.45) is 0 Å². The van der Waals surface area contributed by atoms with Gasteiger partial charge in [-0.15, -0.1) is 0 Å². The Morgan fingerprint density at radius 1 is 1.16 bits per heavy atom. The summed E-state index contributed by atoms with van der Waals surface area (Å²) < 4.78 is 20.5. The Morgan fingerprint density at radius 2 is 1.94 bits per heavy atom. The third-order valence-electron chi connectivity index (χ3n) is 5.73. The first kappa shape index (κ1) is 21.3. The molecule has 2 heterocycles. The number of likely N-dealkylation sites (N-methyl/N-ethyl adjacent to an activating group) is 1. The van der Waals surface area contributed by atoms with Crippen LogP contribution in [-0.2, 0) is 11.2 Å². The molecule has 7 nitrogen and oxygen atoms in total. The zero-order valence-corrected chi connectivity index (χ0v) is 17.6. The molecule has 164 valence electrons. The number of anilines is 2. The van der Waals surface area contributed by atoms with E-state index in [4.69, 9.17) is 4.74 Å². The van der Waals surface area contributed by atoms with Crippen molar-refractivity contribution in [1.29, 1.82) is 0 Å². The second-order valence-electron chi connectivity index (χ2n) is 7.98. The maximum atomic E-state index is 14.5. The van der Waals surface area contributed by atoms with E-state index in [-0.39, 0.29) is 11.5 Å². The van der Waals surface area contributed by atoms with Gasteiger partial charge in [0.1, 0.15) is 18.2 Å². The fourth-order valence-electron chi connectivity index (χ4n) is 3.82. The number of ether oxygens (including phenoxy) is 1. The highest BCUT2D eigenvalue weighted by molar-refractivity contribution is 6.06. The maximum absolute atomic E-state index is 14.5.